The van der Waals surface area contributed by atoms with Gasteiger partial charge in [-0.15, -0.1) is 0 Å². The van der Waals surface area contributed by atoms with E-state index in [1.165, 1.54) is 12.8 Å². The molecule has 4 atom stereocenters. The SMILES string of the molecule is CC(C)(C)COC(=O)OOC(=O)OCC(C)(C)C.CC(C)(C)OC(=O)OOC(=O)OC(C)(C)C.CCC(C)(OC(=O)OOC(=O)O)C(C)C.CCC(C)OC(=O)OOC(=O)OC(C)C.CCCCC(CC)COC(=O)OOC(=O)OCC(CC)CCCC.O=C(OOC(=O)OC1CCCCC1)OC1CCCCC1. The Balaban J connectivity index is -0.000000606. The van der Waals surface area contributed by atoms with Gasteiger partial charge in [0.25, 0.3) is 0 Å². The van der Waals surface area contributed by atoms with Crippen LogP contribution in [0.3, 0.4) is 0 Å². The molecule has 0 aromatic rings. The Morgan fingerprint density at radius 1 is 0.361 bits per heavy atom. The second-order valence-corrected chi connectivity index (χ2v) is 29.8. The molecule has 0 radical (unpaired) electrons. The normalized spacial score (nSPS) is 14.1. The van der Waals surface area contributed by atoms with Crippen LogP contribution in [0.25, 0.3) is 0 Å². The maximum absolute atomic E-state index is 11.4. The number of carbonyl (C=O) groups is 12. The van der Waals surface area contributed by atoms with E-state index in [2.05, 4.69) is 82.0 Å². The van der Waals surface area contributed by atoms with Gasteiger partial charge >= 0.3 is 73.9 Å². The first-order valence-corrected chi connectivity index (χ1v) is 36.5. The molecule has 2 saturated carbocycles. The van der Waals surface area contributed by atoms with Crippen LogP contribution in [0.1, 0.15) is 295 Å². The van der Waals surface area contributed by atoms with E-state index in [9.17, 15) is 57.5 Å². The molecule has 36 heteroatoms. The van der Waals surface area contributed by atoms with E-state index in [-0.39, 0.29) is 67.6 Å². The molecule has 0 saturated heterocycles. The van der Waals surface area contributed by atoms with Crippen molar-refractivity contribution < 1.29 is 173 Å². The van der Waals surface area contributed by atoms with Crippen LogP contribution >= 0.6 is 0 Å². The third-order valence-electron chi connectivity index (χ3n) is 14.1. The first-order chi connectivity index (χ1) is 50.1. The summed E-state index contributed by atoms with van der Waals surface area (Å²) in [5.41, 5.74) is -2.50. The number of unbranched alkanes of at least 4 members (excludes halogenated alkanes) is 2. The quantitative estimate of drug-likeness (QED) is 0.0455. The predicted octanol–water partition coefficient (Wildman–Crippen LogP) is 20.6. The van der Waals surface area contributed by atoms with E-state index in [0.29, 0.717) is 24.7 Å². The van der Waals surface area contributed by atoms with Crippen molar-refractivity contribution in [2.75, 3.05) is 26.4 Å². The average Bonchev–Trinajstić information content (AvgIpc) is 0.866. The standard InChI is InChI=1S/C18H34O6.C14H22O6.C12H22O6.C10H18O6.2C9H16O6/c1-5-9-11-15(7-3)13-21-17(19)23-24-18(20)22-14-16(8-4)12-10-6-2;15-13(17-11-7-3-1-4-8-11)19-20-14(16)18-12-9-5-2-6-10-12;1-11(2,3)7-15-9(13)17-18-10(14)16-8-12(4,5)6;1-9(2,3)13-7(11)15-16-8(12)14-10(4,5)6;1-5-9(4,6(2)3)13-8(12)15-14-7(10)11;1-5-7(4)13-9(11)15-14-8(10)12-6(2)3/h15-16H,5-14H2,1-4H3;11-12H,1-10H2;7-8H2,1-6H3;1-6H3;6H,5H2,1-4H3,(H,10,11);6-7H,5H2,1-4H3. The van der Waals surface area contributed by atoms with Crippen LogP contribution in [0.4, 0.5) is 57.5 Å². The topological polar surface area (TPSA) is 437 Å². The smallest absolute Gasteiger partial charge is 0.447 e. The van der Waals surface area contributed by atoms with Gasteiger partial charge in [0.2, 0.25) is 0 Å². The zero-order valence-electron chi connectivity index (χ0n) is 68.2. The first-order valence-electron chi connectivity index (χ1n) is 36.5. The Labute approximate surface area is 636 Å². The zero-order chi connectivity index (χ0) is 83.7. The van der Waals surface area contributed by atoms with Crippen LogP contribution in [0.5, 0.6) is 0 Å². The summed E-state index contributed by atoms with van der Waals surface area (Å²) in [6.45, 7) is 44.6. The molecule has 0 aromatic carbocycles. The molecule has 108 heavy (non-hydrogen) atoms. The largest absolute Gasteiger partial charge is 0.550 e. The van der Waals surface area contributed by atoms with Gasteiger partial charge in [0.05, 0.1) is 32.5 Å². The molecule has 0 aromatic heterocycles. The lowest BCUT2D eigenvalue weighted by Crippen LogP contribution is -2.36. The molecule has 0 bridgehead atoms. The summed E-state index contributed by atoms with van der Waals surface area (Å²) < 4.78 is 53.0. The second kappa shape index (κ2) is 59.2. The molecule has 2 fully saturated rings. The summed E-state index contributed by atoms with van der Waals surface area (Å²) in [6.07, 6.45) is 5.11. The van der Waals surface area contributed by atoms with Gasteiger partial charge in [-0.25, -0.2) is 9.68 Å². The molecule has 36 nitrogen and oxygen atoms in total. The van der Waals surface area contributed by atoms with Crippen LogP contribution < -0.4 is 0 Å². The number of rotatable bonds is 22. The van der Waals surface area contributed by atoms with E-state index >= 15 is 0 Å². The highest BCUT2D eigenvalue weighted by Gasteiger charge is 2.33. The second-order valence-electron chi connectivity index (χ2n) is 29.8. The van der Waals surface area contributed by atoms with Gasteiger partial charge in [0, 0.05) is 0 Å². The Bertz CT molecular complexity index is 2390. The molecule has 0 amide bonds. The molecule has 4 unspecified atom stereocenters. The van der Waals surface area contributed by atoms with Crippen molar-refractivity contribution in [2.45, 2.75) is 336 Å². The monoisotopic (exact) mass is 1570 g/mol. The van der Waals surface area contributed by atoms with Crippen molar-refractivity contribution in [3.05, 3.63) is 0 Å². The van der Waals surface area contributed by atoms with Gasteiger partial charge < -0.3 is 57.2 Å². The summed E-state index contributed by atoms with van der Waals surface area (Å²) in [5.74, 6) is 0.682. The van der Waals surface area contributed by atoms with Crippen molar-refractivity contribution >= 4 is 73.9 Å². The number of hydrogen-bond acceptors (Lipinski definition) is 35. The molecular formula is C72H128O36. The van der Waals surface area contributed by atoms with Crippen molar-refractivity contribution in [3.63, 3.8) is 0 Å². The maximum atomic E-state index is 11.4. The third-order valence-corrected chi connectivity index (χ3v) is 14.1. The lowest BCUT2D eigenvalue weighted by Gasteiger charge is -2.30. The molecular weight excluding hydrogens is 1440 g/mol. The fraction of sp³-hybridized carbons (Fsp3) is 0.833. The van der Waals surface area contributed by atoms with E-state index in [1.807, 2.05) is 83.1 Å². The summed E-state index contributed by atoms with van der Waals surface area (Å²) in [7, 11) is 0. The van der Waals surface area contributed by atoms with Crippen LogP contribution in [-0.4, -0.2) is 147 Å². The molecule has 2 aliphatic rings. The minimum atomic E-state index is -1.70. The molecule has 0 spiro atoms. The van der Waals surface area contributed by atoms with Crippen molar-refractivity contribution in [2.24, 2.45) is 28.6 Å². The fourth-order valence-electron chi connectivity index (χ4n) is 7.72. The third kappa shape index (κ3) is 70.2. The summed E-state index contributed by atoms with van der Waals surface area (Å²) in [6, 6.07) is 0. The van der Waals surface area contributed by atoms with Gasteiger partial charge in [0.1, 0.15) is 35.1 Å². The van der Waals surface area contributed by atoms with Gasteiger partial charge in [0.15, 0.2) is 0 Å². The highest BCUT2D eigenvalue weighted by atomic mass is 17.3. The highest BCUT2D eigenvalue weighted by Crippen LogP contribution is 2.27. The van der Waals surface area contributed by atoms with Gasteiger partial charge in [-0.05, 0) is 175 Å². The van der Waals surface area contributed by atoms with Gasteiger partial charge in [-0.3, -0.25) is 0 Å². The Kier molecular flexibility index (Phi) is 57.9. The molecule has 0 heterocycles. The van der Waals surface area contributed by atoms with E-state index in [1.54, 1.807) is 69.2 Å². The van der Waals surface area contributed by atoms with E-state index in [4.69, 9.17) is 47.7 Å². The van der Waals surface area contributed by atoms with Crippen molar-refractivity contribution in [3.8, 4) is 0 Å². The molecule has 2 rings (SSSR count). The molecule has 1 N–H and O–H groups in total. The van der Waals surface area contributed by atoms with Crippen LogP contribution in [0.2, 0.25) is 0 Å². The Morgan fingerprint density at radius 2 is 0.667 bits per heavy atom. The molecule has 0 aliphatic heterocycles. The van der Waals surface area contributed by atoms with E-state index < -0.39 is 90.7 Å². The Hall–Kier alpha value is -8.76. The summed E-state index contributed by atoms with van der Waals surface area (Å²) in [4.78, 5) is 181. The highest BCUT2D eigenvalue weighted by molar-refractivity contribution is 5.66. The fourth-order valence-corrected chi connectivity index (χ4v) is 7.72. The number of ether oxygens (including phenoxy) is 11. The lowest BCUT2D eigenvalue weighted by molar-refractivity contribution is -0.231. The number of hydrogen-bond donors (Lipinski definition) is 1. The molecule has 632 valence electrons. The lowest BCUT2D eigenvalue weighted by atomic mass is 9.90. The molecule has 2 aliphatic carbocycles. The zero-order valence-corrected chi connectivity index (χ0v) is 68.2. The van der Waals surface area contributed by atoms with Crippen LogP contribution in [0.15, 0.2) is 0 Å². The average molecular weight is 1570 g/mol. The van der Waals surface area contributed by atoms with Crippen LogP contribution in [-0.2, 0) is 111 Å². The van der Waals surface area contributed by atoms with Gasteiger partial charge in [-0.1, -0.05) is 148 Å². The van der Waals surface area contributed by atoms with Crippen molar-refractivity contribution in [1.29, 1.82) is 0 Å². The van der Waals surface area contributed by atoms with Crippen LogP contribution in [0, 0.1) is 28.6 Å². The Morgan fingerprint density at radius 3 is 0.954 bits per heavy atom. The van der Waals surface area contributed by atoms with E-state index in [0.717, 1.165) is 103 Å². The minimum Gasteiger partial charge on any atom is -0.447 e. The summed E-state index contributed by atoms with van der Waals surface area (Å²) >= 11 is 0. The first kappa shape index (κ1) is 106. The minimum absolute atomic E-state index is 0.0832. The number of carbonyl (C=O) groups excluding carboxylic acids is 11. The summed E-state index contributed by atoms with van der Waals surface area (Å²) in [5, 5.41) is 8.07. The predicted molar refractivity (Wildman–Crippen MR) is 379 cm³/mol. The number of carboxylic acid groups (broad SMARTS) is 1. The maximum Gasteiger partial charge on any atom is 0.550 e. The van der Waals surface area contributed by atoms with Crippen molar-refractivity contribution in [1.82, 2.24) is 0 Å². The van der Waals surface area contributed by atoms with Gasteiger partial charge in [-0.2, -0.15) is 107 Å².